The standard InChI is InChI=1S/C11H15N3O2/c1-7(11(15)16)14-10-5-9(12-6-13-10)4-8-2-3-8/h5-8H,2-4H2,1H3,(H,15,16)(H,12,13,14). The summed E-state index contributed by atoms with van der Waals surface area (Å²) in [4.78, 5) is 18.8. The van der Waals surface area contributed by atoms with Crippen molar-refractivity contribution >= 4 is 11.8 Å². The fraction of sp³-hybridized carbons (Fsp3) is 0.545. The Kier molecular flexibility index (Phi) is 3.03. The predicted molar refractivity (Wildman–Crippen MR) is 59.2 cm³/mol. The van der Waals surface area contributed by atoms with E-state index in [-0.39, 0.29) is 0 Å². The second kappa shape index (κ2) is 4.47. The van der Waals surface area contributed by atoms with Crippen molar-refractivity contribution in [3.8, 4) is 0 Å². The number of carboxylic acids is 1. The Morgan fingerprint density at radius 2 is 2.38 bits per heavy atom. The monoisotopic (exact) mass is 221 g/mol. The van der Waals surface area contributed by atoms with E-state index in [1.54, 1.807) is 6.92 Å². The second-order valence-corrected chi connectivity index (χ2v) is 4.25. The topological polar surface area (TPSA) is 75.1 Å². The van der Waals surface area contributed by atoms with E-state index < -0.39 is 12.0 Å². The van der Waals surface area contributed by atoms with E-state index in [0.29, 0.717) is 5.82 Å². The Hall–Kier alpha value is -1.65. The van der Waals surface area contributed by atoms with Crippen LogP contribution in [0.15, 0.2) is 12.4 Å². The molecule has 0 radical (unpaired) electrons. The Bertz CT molecular complexity index is 391. The van der Waals surface area contributed by atoms with E-state index in [1.807, 2.05) is 6.07 Å². The van der Waals surface area contributed by atoms with E-state index in [0.717, 1.165) is 18.0 Å². The highest BCUT2D eigenvalue weighted by atomic mass is 16.4. The minimum absolute atomic E-state index is 0.584. The molecule has 1 saturated carbocycles. The molecule has 1 unspecified atom stereocenters. The number of hydrogen-bond donors (Lipinski definition) is 2. The van der Waals surface area contributed by atoms with Crippen LogP contribution in [-0.4, -0.2) is 27.1 Å². The lowest BCUT2D eigenvalue weighted by atomic mass is 10.2. The Morgan fingerprint density at radius 3 is 3.00 bits per heavy atom. The van der Waals surface area contributed by atoms with Crippen LogP contribution in [0.4, 0.5) is 5.82 Å². The molecule has 16 heavy (non-hydrogen) atoms. The maximum Gasteiger partial charge on any atom is 0.325 e. The molecule has 1 aromatic rings. The third-order valence-electron chi connectivity index (χ3n) is 2.65. The lowest BCUT2D eigenvalue weighted by Crippen LogP contribution is -2.26. The minimum atomic E-state index is -0.887. The third-order valence-corrected chi connectivity index (χ3v) is 2.65. The quantitative estimate of drug-likeness (QED) is 0.784. The molecule has 1 aliphatic rings. The highest BCUT2D eigenvalue weighted by molar-refractivity contribution is 5.76. The van der Waals surface area contributed by atoms with Gasteiger partial charge in [-0.05, 0) is 32.1 Å². The lowest BCUT2D eigenvalue weighted by Gasteiger charge is -2.10. The molecule has 1 aliphatic carbocycles. The summed E-state index contributed by atoms with van der Waals surface area (Å²) in [6.45, 7) is 1.59. The first-order valence-corrected chi connectivity index (χ1v) is 5.45. The number of rotatable bonds is 5. The summed E-state index contributed by atoms with van der Waals surface area (Å²) in [6, 6.07) is 1.20. The van der Waals surface area contributed by atoms with Crippen LogP contribution in [0.5, 0.6) is 0 Å². The molecule has 5 heteroatoms. The van der Waals surface area contributed by atoms with Crippen LogP contribution in [0.3, 0.4) is 0 Å². The van der Waals surface area contributed by atoms with Crippen molar-refractivity contribution in [2.24, 2.45) is 5.92 Å². The third kappa shape index (κ3) is 2.92. The van der Waals surface area contributed by atoms with Crippen molar-refractivity contribution < 1.29 is 9.90 Å². The largest absolute Gasteiger partial charge is 0.480 e. The van der Waals surface area contributed by atoms with Crippen LogP contribution in [-0.2, 0) is 11.2 Å². The van der Waals surface area contributed by atoms with E-state index >= 15 is 0 Å². The van der Waals surface area contributed by atoms with E-state index in [4.69, 9.17) is 5.11 Å². The SMILES string of the molecule is CC(Nc1cc(CC2CC2)ncn1)C(=O)O. The molecule has 1 atom stereocenters. The van der Waals surface area contributed by atoms with Gasteiger partial charge in [0.1, 0.15) is 18.2 Å². The van der Waals surface area contributed by atoms with Crippen molar-refractivity contribution in [1.29, 1.82) is 0 Å². The zero-order valence-electron chi connectivity index (χ0n) is 9.18. The Morgan fingerprint density at radius 1 is 1.62 bits per heavy atom. The summed E-state index contributed by atoms with van der Waals surface area (Å²) in [5.41, 5.74) is 0.984. The van der Waals surface area contributed by atoms with Crippen molar-refractivity contribution in [2.45, 2.75) is 32.2 Å². The van der Waals surface area contributed by atoms with Gasteiger partial charge in [-0.25, -0.2) is 9.97 Å². The first kappa shape index (κ1) is 10.9. The van der Waals surface area contributed by atoms with Crippen LogP contribution in [0, 0.1) is 5.92 Å². The van der Waals surface area contributed by atoms with Crippen molar-refractivity contribution in [3.63, 3.8) is 0 Å². The number of nitrogens with one attached hydrogen (secondary N) is 1. The summed E-state index contributed by atoms with van der Waals surface area (Å²) >= 11 is 0. The van der Waals surface area contributed by atoms with E-state index in [2.05, 4.69) is 15.3 Å². The summed E-state index contributed by atoms with van der Waals surface area (Å²) in [6.07, 6.45) is 5.00. The molecule has 0 amide bonds. The predicted octanol–water partition coefficient (Wildman–Crippen LogP) is 1.31. The van der Waals surface area contributed by atoms with Gasteiger partial charge in [0.05, 0.1) is 0 Å². The summed E-state index contributed by atoms with van der Waals surface area (Å²) in [5.74, 6) is 0.461. The zero-order chi connectivity index (χ0) is 11.5. The zero-order valence-corrected chi connectivity index (χ0v) is 9.18. The average molecular weight is 221 g/mol. The molecular weight excluding hydrogens is 206 g/mol. The van der Waals surface area contributed by atoms with Gasteiger partial charge in [-0.2, -0.15) is 0 Å². The molecule has 2 N–H and O–H groups in total. The highest BCUT2D eigenvalue weighted by Crippen LogP contribution is 2.32. The first-order valence-electron chi connectivity index (χ1n) is 5.45. The molecule has 0 bridgehead atoms. The van der Waals surface area contributed by atoms with Gasteiger partial charge in [-0.1, -0.05) is 0 Å². The summed E-state index contributed by atoms with van der Waals surface area (Å²) in [5, 5.41) is 11.6. The molecule has 0 spiro atoms. The molecule has 86 valence electrons. The summed E-state index contributed by atoms with van der Waals surface area (Å²) in [7, 11) is 0. The van der Waals surface area contributed by atoms with Crippen LogP contribution in [0.2, 0.25) is 0 Å². The van der Waals surface area contributed by atoms with Gasteiger partial charge < -0.3 is 10.4 Å². The number of hydrogen-bond acceptors (Lipinski definition) is 4. The second-order valence-electron chi connectivity index (χ2n) is 4.25. The Balaban J connectivity index is 2.00. The molecule has 0 saturated heterocycles. The van der Waals surface area contributed by atoms with Crippen molar-refractivity contribution in [2.75, 3.05) is 5.32 Å². The molecular formula is C11H15N3O2. The van der Waals surface area contributed by atoms with Gasteiger partial charge in [0.2, 0.25) is 0 Å². The fourth-order valence-electron chi connectivity index (χ4n) is 1.49. The van der Waals surface area contributed by atoms with Crippen LogP contribution < -0.4 is 5.32 Å². The Labute approximate surface area is 93.9 Å². The maximum absolute atomic E-state index is 10.7. The normalized spacial score (nSPS) is 16.8. The van der Waals surface area contributed by atoms with E-state index in [9.17, 15) is 4.79 Å². The number of aliphatic carboxylic acids is 1. The molecule has 0 aliphatic heterocycles. The fourth-order valence-corrected chi connectivity index (χ4v) is 1.49. The molecule has 1 fully saturated rings. The van der Waals surface area contributed by atoms with E-state index in [1.165, 1.54) is 19.2 Å². The molecule has 0 aromatic carbocycles. The van der Waals surface area contributed by atoms with Gasteiger partial charge in [-0.3, -0.25) is 4.79 Å². The molecule has 1 heterocycles. The van der Waals surface area contributed by atoms with Gasteiger partial charge in [0, 0.05) is 11.8 Å². The number of carboxylic acid groups (broad SMARTS) is 1. The number of carbonyl (C=O) groups is 1. The number of anilines is 1. The molecule has 2 rings (SSSR count). The van der Waals surface area contributed by atoms with Crippen LogP contribution in [0.25, 0.3) is 0 Å². The lowest BCUT2D eigenvalue weighted by molar-refractivity contribution is -0.137. The van der Waals surface area contributed by atoms with Crippen LogP contribution >= 0.6 is 0 Å². The van der Waals surface area contributed by atoms with Crippen molar-refractivity contribution in [1.82, 2.24) is 9.97 Å². The van der Waals surface area contributed by atoms with Gasteiger partial charge in [-0.15, -0.1) is 0 Å². The first-order chi connectivity index (χ1) is 7.65. The van der Waals surface area contributed by atoms with Gasteiger partial charge in [0.25, 0.3) is 0 Å². The highest BCUT2D eigenvalue weighted by Gasteiger charge is 2.22. The van der Waals surface area contributed by atoms with Crippen LogP contribution in [0.1, 0.15) is 25.5 Å². The minimum Gasteiger partial charge on any atom is -0.480 e. The molecule has 1 aromatic heterocycles. The summed E-state index contributed by atoms with van der Waals surface area (Å²) < 4.78 is 0. The average Bonchev–Trinajstić information content (AvgIpc) is 3.02. The number of nitrogens with zero attached hydrogens (tertiary/aromatic N) is 2. The molecule has 5 nitrogen and oxygen atoms in total. The van der Waals surface area contributed by atoms with Gasteiger partial charge in [0.15, 0.2) is 0 Å². The van der Waals surface area contributed by atoms with Gasteiger partial charge >= 0.3 is 5.97 Å². The number of aromatic nitrogens is 2. The van der Waals surface area contributed by atoms with Crippen molar-refractivity contribution in [3.05, 3.63) is 18.1 Å². The smallest absolute Gasteiger partial charge is 0.325 e. The maximum atomic E-state index is 10.7.